The highest BCUT2D eigenvalue weighted by Crippen LogP contribution is 2.22. The number of amides is 2. The SMILES string of the molecule is CCc1ccc(CCN(Cc2ccc(C(N)=O)cc2)C(=O)Cc2cccc(C[C@@H](C)NC[C@H](O)c3ccc(O)c(CO)c3)c2)cc1. The lowest BCUT2D eigenvalue weighted by molar-refractivity contribution is -0.131. The minimum atomic E-state index is -0.792. The molecule has 0 heterocycles. The Balaban J connectivity index is 1.38. The second kappa shape index (κ2) is 16.7. The van der Waals surface area contributed by atoms with E-state index in [9.17, 15) is 24.9 Å². The average molecular weight is 624 g/mol. The van der Waals surface area contributed by atoms with Crippen molar-refractivity contribution in [1.82, 2.24) is 10.2 Å². The summed E-state index contributed by atoms with van der Waals surface area (Å²) in [5.41, 5.74) is 12.2. The maximum atomic E-state index is 13.7. The van der Waals surface area contributed by atoms with Crippen LogP contribution in [-0.2, 0) is 43.6 Å². The van der Waals surface area contributed by atoms with Crippen molar-refractivity contribution in [1.29, 1.82) is 0 Å². The number of carbonyl (C=O) groups excluding carboxylic acids is 2. The third kappa shape index (κ3) is 10.0. The molecule has 0 saturated carbocycles. The number of aromatic hydroxyl groups is 1. The molecule has 0 aromatic heterocycles. The number of nitrogens with one attached hydrogen (secondary N) is 1. The molecule has 0 radical (unpaired) electrons. The largest absolute Gasteiger partial charge is 0.508 e. The number of nitrogens with two attached hydrogens (primary N) is 1. The lowest BCUT2D eigenvalue weighted by atomic mass is 10.0. The molecule has 0 aliphatic rings. The highest BCUT2D eigenvalue weighted by molar-refractivity contribution is 5.92. The zero-order valence-corrected chi connectivity index (χ0v) is 26.7. The summed E-state index contributed by atoms with van der Waals surface area (Å²) < 4.78 is 0. The van der Waals surface area contributed by atoms with Crippen LogP contribution in [0.1, 0.15) is 69.3 Å². The molecule has 4 rings (SSSR count). The van der Waals surface area contributed by atoms with E-state index in [-0.39, 0.29) is 30.7 Å². The number of benzene rings is 4. The molecule has 4 aromatic carbocycles. The first-order valence-electron chi connectivity index (χ1n) is 15.8. The molecule has 0 saturated heterocycles. The number of nitrogens with zero attached hydrogens (tertiary/aromatic N) is 1. The molecule has 6 N–H and O–H groups in total. The second-order valence-electron chi connectivity index (χ2n) is 11.9. The number of phenols is 1. The van der Waals surface area contributed by atoms with Gasteiger partial charge in [-0.15, -0.1) is 0 Å². The number of aryl methyl sites for hydroxylation is 1. The van der Waals surface area contributed by atoms with Crippen LogP contribution in [0.15, 0.2) is 91.0 Å². The molecule has 4 aromatic rings. The summed E-state index contributed by atoms with van der Waals surface area (Å²) in [4.78, 5) is 27.1. The van der Waals surface area contributed by atoms with E-state index in [0.29, 0.717) is 42.7 Å². The predicted molar refractivity (Wildman–Crippen MR) is 180 cm³/mol. The fourth-order valence-corrected chi connectivity index (χ4v) is 5.44. The molecular weight excluding hydrogens is 578 g/mol. The van der Waals surface area contributed by atoms with Crippen molar-refractivity contribution in [3.63, 3.8) is 0 Å². The summed E-state index contributed by atoms with van der Waals surface area (Å²) in [5, 5.41) is 33.2. The number of hydrogen-bond donors (Lipinski definition) is 5. The van der Waals surface area contributed by atoms with Gasteiger partial charge in [-0.2, -0.15) is 0 Å². The van der Waals surface area contributed by atoms with Gasteiger partial charge in [0, 0.05) is 36.8 Å². The molecule has 0 unspecified atom stereocenters. The van der Waals surface area contributed by atoms with E-state index < -0.39 is 12.0 Å². The Kier molecular flexibility index (Phi) is 12.5. The smallest absolute Gasteiger partial charge is 0.248 e. The van der Waals surface area contributed by atoms with Crippen LogP contribution in [0.5, 0.6) is 5.75 Å². The van der Waals surface area contributed by atoms with Crippen molar-refractivity contribution in [2.75, 3.05) is 13.1 Å². The van der Waals surface area contributed by atoms with Gasteiger partial charge >= 0.3 is 0 Å². The lowest BCUT2D eigenvalue weighted by Gasteiger charge is -2.24. The maximum absolute atomic E-state index is 13.7. The number of primary amides is 1. The molecular formula is C38H45N3O5. The van der Waals surface area contributed by atoms with Crippen LogP contribution in [0, 0.1) is 0 Å². The van der Waals surface area contributed by atoms with Gasteiger partial charge in [-0.1, -0.05) is 73.7 Å². The van der Waals surface area contributed by atoms with Crippen molar-refractivity contribution >= 4 is 11.8 Å². The van der Waals surface area contributed by atoms with Gasteiger partial charge in [0.25, 0.3) is 0 Å². The molecule has 0 fully saturated rings. The van der Waals surface area contributed by atoms with E-state index in [0.717, 1.165) is 29.5 Å². The van der Waals surface area contributed by atoms with Crippen LogP contribution in [0.4, 0.5) is 0 Å². The van der Waals surface area contributed by atoms with Crippen LogP contribution in [-0.4, -0.2) is 51.2 Å². The number of rotatable bonds is 16. The van der Waals surface area contributed by atoms with Crippen LogP contribution < -0.4 is 11.1 Å². The molecule has 46 heavy (non-hydrogen) atoms. The van der Waals surface area contributed by atoms with E-state index in [1.165, 1.54) is 17.2 Å². The summed E-state index contributed by atoms with van der Waals surface area (Å²) in [7, 11) is 0. The fourth-order valence-electron chi connectivity index (χ4n) is 5.44. The Labute approximate surface area is 271 Å². The first-order chi connectivity index (χ1) is 22.1. The highest BCUT2D eigenvalue weighted by atomic mass is 16.3. The summed E-state index contributed by atoms with van der Waals surface area (Å²) in [6, 6.07) is 28.4. The second-order valence-corrected chi connectivity index (χ2v) is 11.9. The molecule has 0 aliphatic heterocycles. The van der Waals surface area contributed by atoms with Crippen molar-refractivity contribution < 1.29 is 24.9 Å². The Morgan fingerprint density at radius 1 is 0.870 bits per heavy atom. The fraction of sp³-hybridized carbons (Fsp3) is 0.316. The standard InChI is InChI=1S/C38H45N3O5/c1-3-27-7-9-28(10-8-27)17-18-41(24-29-11-13-32(14-12-29)38(39)46)37(45)21-31-6-4-5-30(20-31)19-26(2)40-23-36(44)33-15-16-35(43)34(22-33)25-42/h4-16,20,22,26,36,40,42-44H,3,17-19,21,23-25H2,1-2H3,(H2,39,46)/t26-,36+/m1/s1. The van der Waals surface area contributed by atoms with Crippen LogP contribution in [0.3, 0.4) is 0 Å². The van der Waals surface area contributed by atoms with E-state index >= 15 is 0 Å². The zero-order valence-electron chi connectivity index (χ0n) is 26.7. The Bertz CT molecular complexity index is 1590. The zero-order chi connectivity index (χ0) is 33.1. The average Bonchev–Trinajstić information content (AvgIpc) is 3.06. The van der Waals surface area contributed by atoms with Crippen molar-refractivity contribution in [2.24, 2.45) is 5.73 Å². The first-order valence-corrected chi connectivity index (χ1v) is 15.8. The van der Waals surface area contributed by atoms with Gasteiger partial charge < -0.3 is 31.3 Å². The molecule has 2 atom stereocenters. The molecule has 0 spiro atoms. The molecule has 0 aliphatic carbocycles. The van der Waals surface area contributed by atoms with E-state index in [1.807, 2.05) is 42.2 Å². The Morgan fingerprint density at radius 2 is 1.54 bits per heavy atom. The normalized spacial score (nSPS) is 12.4. The van der Waals surface area contributed by atoms with Crippen LogP contribution in [0.2, 0.25) is 0 Å². The molecule has 8 nitrogen and oxygen atoms in total. The molecule has 0 bridgehead atoms. The van der Waals surface area contributed by atoms with Gasteiger partial charge in [0.15, 0.2) is 0 Å². The Hall–Kier alpha value is -4.50. The van der Waals surface area contributed by atoms with Gasteiger partial charge in [-0.3, -0.25) is 9.59 Å². The van der Waals surface area contributed by atoms with Gasteiger partial charge in [-0.05, 0) is 83.8 Å². The van der Waals surface area contributed by atoms with Gasteiger partial charge in [0.2, 0.25) is 11.8 Å². The van der Waals surface area contributed by atoms with E-state index in [2.05, 4.69) is 42.6 Å². The van der Waals surface area contributed by atoms with E-state index in [4.69, 9.17) is 5.73 Å². The van der Waals surface area contributed by atoms with E-state index in [1.54, 1.807) is 24.3 Å². The Morgan fingerprint density at radius 3 is 2.22 bits per heavy atom. The van der Waals surface area contributed by atoms with Crippen LogP contribution >= 0.6 is 0 Å². The summed E-state index contributed by atoms with van der Waals surface area (Å²) in [6.45, 7) is 5.16. The monoisotopic (exact) mass is 623 g/mol. The topological polar surface area (TPSA) is 136 Å². The summed E-state index contributed by atoms with van der Waals surface area (Å²) in [5.74, 6) is -0.460. The molecule has 2 amide bonds. The van der Waals surface area contributed by atoms with Crippen LogP contribution in [0.25, 0.3) is 0 Å². The van der Waals surface area contributed by atoms with Gasteiger partial charge in [0.1, 0.15) is 5.75 Å². The first kappa shape index (κ1) is 34.4. The third-order valence-corrected chi connectivity index (χ3v) is 8.27. The van der Waals surface area contributed by atoms with Gasteiger partial charge in [-0.25, -0.2) is 0 Å². The minimum absolute atomic E-state index is 0.00169. The number of aliphatic hydroxyl groups excluding tert-OH is 2. The summed E-state index contributed by atoms with van der Waals surface area (Å²) >= 11 is 0. The van der Waals surface area contributed by atoms with Crippen molar-refractivity contribution in [3.8, 4) is 5.75 Å². The lowest BCUT2D eigenvalue weighted by Crippen LogP contribution is -2.34. The van der Waals surface area contributed by atoms with Crippen molar-refractivity contribution in [2.45, 2.75) is 64.8 Å². The maximum Gasteiger partial charge on any atom is 0.248 e. The van der Waals surface area contributed by atoms with Crippen molar-refractivity contribution in [3.05, 3.63) is 136 Å². The molecule has 242 valence electrons. The quantitative estimate of drug-likeness (QED) is 0.124. The van der Waals surface area contributed by atoms with Gasteiger partial charge in [0.05, 0.1) is 19.1 Å². The number of carbonyl (C=O) groups is 2. The minimum Gasteiger partial charge on any atom is -0.508 e. The molecule has 8 heteroatoms. The predicted octanol–water partition coefficient (Wildman–Crippen LogP) is 4.61. The number of aliphatic hydroxyl groups is 2. The third-order valence-electron chi connectivity index (χ3n) is 8.27. The number of hydrogen-bond acceptors (Lipinski definition) is 6. The summed E-state index contributed by atoms with van der Waals surface area (Å²) in [6.07, 6.45) is 1.88. The highest BCUT2D eigenvalue weighted by Gasteiger charge is 2.17.